The highest BCUT2D eigenvalue weighted by atomic mass is 15.0. The van der Waals surface area contributed by atoms with Crippen molar-refractivity contribution in [2.45, 2.75) is 0 Å². The molecule has 1 aromatic heterocycles. The fourth-order valence-electron chi connectivity index (χ4n) is 6.22. The van der Waals surface area contributed by atoms with E-state index in [2.05, 4.69) is 128 Å². The maximum absolute atomic E-state index is 4.94. The molecule has 3 heteroatoms. The molecule has 0 saturated heterocycles. The lowest BCUT2D eigenvalue weighted by atomic mass is 9.94. The van der Waals surface area contributed by atoms with Crippen molar-refractivity contribution in [2.75, 3.05) is 0 Å². The summed E-state index contributed by atoms with van der Waals surface area (Å²) >= 11 is 0. The standard InChI is InChI=1S/C47H33N3/c1-2-33-25-27-34(28-26-33)37-17-9-18-38(29-37)39-19-10-20-40(30-39)41-21-11-22-42(31-41)43-23-12-24-44(32-43)47-49-45(35-13-5-3-6-14-35)48-46(50-47)36-15-7-4-8-16-36/h2-32H,1H2. The molecule has 0 aliphatic rings. The largest absolute Gasteiger partial charge is 0.208 e. The topological polar surface area (TPSA) is 38.7 Å². The fourth-order valence-corrected chi connectivity index (χ4v) is 6.22. The van der Waals surface area contributed by atoms with Crippen molar-refractivity contribution in [1.82, 2.24) is 15.0 Å². The van der Waals surface area contributed by atoms with Crippen LogP contribution in [0, 0.1) is 0 Å². The summed E-state index contributed by atoms with van der Waals surface area (Å²) in [5.74, 6) is 1.94. The van der Waals surface area contributed by atoms with Crippen LogP contribution in [0.25, 0.3) is 84.7 Å². The second kappa shape index (κ2) is 13.8. The predicted molar refractivity (Wildman–Crippen MR) is 208 cm³/mol. The zero-order chi connectivity index (χ0) is 33.7. The van der Waals surface area contributed by atoms with E-state index in [1.165, 1.54) is 27.8 Å². The Hall–Kier alpha value is -6.71. The van der Waals surface area contributed by atoms with E-state index in [0.717, 1.165) is 38.9 Å². The lowest BCUT2D eigenvalue weighted by Gasteiger charge is -2.11. The van der Waals surface area contributed by atoms with Gasteiger partial charge in [-0.1, -0.05) is 170 Å². The van der Waals surface area contributed by atoms with E-state index in [-0.39, 0.29) is 0 Å². The highest BCUT2D eigenvalue weighted by molar-refractivity contribution is 5.80. The molecule has 0 fully saturated rings. The maximum atomic E-state index is 4.94. The summed E-state index contributed by atoms with van der Waals surface area (Å²) in [6, 6.07) is 63.3. The van der Waals surface area contributed by atoms with Crippen LogP contribution in [0.15, 0.2) is 189 Å². The van der Waals surface area contributed by atoms with Crippen LogP contribution in [0.5, 0.6) is 0 Å². The molecule has 8 rings (SSSR count). The molecule has 3 nitrogen and oxygen atoms in total. The summed E-state index contributed by atoms with van der Waals surface area (Å²) < 4.78 is 0. The Morgan fingerprint density at radius 3 is 0.960 bits per heavy atom. The van der Waals surface area contributed by atoms with Crippen molar-refractivity contribution in [1.29, 1.82) is 0 Å². The van der Waals surface area contributed by atoms with Crippen molar-refractivity contribution in [3.05, 3.63) is 194 Å². The van der Waals surface area contributed by atoms with Crippen molar-refractivity contribution < 1.29 is 0 Å². The van der Waals surface area contributed by atoms with Gasteiger partial charge in [0.25, 0.3) is 0 Å². The minimum absolute atomic E-state index is 0.641. The highest BCUT2D eigenvalue weighted by Gasteiger charge is 2.13. The lowest BCUT2D eigenvalue weighted by Crippen LogP contribution is -2.00. The molecular weight excluding hydrogens is 607 g/mol. The average molecular weight is 640 g/mol. The number of hydrogen-bond acceptors (Lipinski definition) is 3. The van der Waals surface area contributed by atoms with Crippen LogP contribution < -0.4 is 0 Å². The molecule has 236 valence electrons. The van der Waals surface area contributed by atoms with Crippen molar-refractivity contribution in [3.8, 4) is 78.7 Å². The van der Waals surface area contributed by atoms with E-state index in [1.54, 1.807) is 0 Å². The first kappa shape index (κ1) is 30.6. The van der Waals surface area contributed by atoms with Crippen LogP contribution in [-0.4, -0.2) is 15.0 Å². The Labute approximate surface area is 293 Å². The molecular formula is C47H33N3. The van der Waals surface area contributed by atoms with Crippen LogP contribution in [0.4, 0.5) is 0 Å². The van der Waals surface area contributed by atoms with Gasteiger partial charge >= 0.3 is 0 Å². The van der Waals surface area contributed by atoms with Gasteiger partial charge in [0.1, 0.15) is 0 Å². The van der Waals surface area contributed by atoms with Gasteiger partial charge in [-0.2, -0.15) is 0 Å². The molecule has 1 heterocycles. The van der Waals surface area contributed by atoms with Gasteiger partial charge in [-0.25, -0.2) is 15.0 Å². The first-order chi connectivity index (χ1) is 24.7. The van der Waals surface area contributed by atoms with E-state index in [1.807, 2.05) is 66.7 Å². The Morgan fingerprint density at radius 1 is 0.280 bits per heavy atom. The number of benzene rings is 7. The molecule has 0 aliphatic heterocycles. The minimum Gasteiger partial charge on any atom is -0.208 e. The smallest absolute Gasteiger partial charge is 0.164 e. The number of nitrogens with zero attached hydrogens (tertiary/aromatic N) is 3. The summed E-state index contributed by atoms with van der Waals surface area (Å²) in [7, 11) is 0. The molecule has 0 bridgehead atoms. The summed E-state index contributed by atoms with van der Waals surface area (Å²) in [6.07, 6.45) is 1.87. The zero-order valence-corrected chi connectivity index (χ0v) is 27.4. The van der Waals surface area contributed by atoms with Gasteiger partial charge in [-0.15, -0.1) is 0 Å². The normalized spacial score (nSPS) is 10.9. The lowest BCUT2D eigenvalue weighted by molar-refractivity contribution is 1.07. The van der Waals surface area contributed by atoms with Gasteiger partial charge < -0.3 is 0 Å². The van der Waals surface area contributed by atoms with Crippen LogP contribution in [0.3, 0.4) is 0 Å². The quantitative estimate of drug-likeness (QED) is 0.166. The fraction of sp³-hybridized carbons (Fsp3) is 0. The van der Waals surface area contributed by atoms with Gasteiger partial charge in [0.15, 0.2) is 17.5 Å². The molecule has 7 aromatic carbocycles. The van der Waals surface area contributed by atoms with Crippen LogP contribution in [0.1, 0.15) is 5.56 Å². The molecule has 0 atom stereocenters. The van der Waals surface area contributed by atoms with Crippen molar-refractivity contribution >= 4 is 6.08 Å². The van der Waals surface area contributed by atoms with E-state index < -0.39 is 0 Å². The zero-order valence-electron chi connectivity index (χ0n) is 27.4. The molecule has 0 N–H and O–H groups in total. The SMILES string of the molecule is C=Cc1ccc(-c2cccc(-c3cccc(-c4cccc(-c5cccc(-c6nc(-c7ccccc7)nc(-c7ccccc7)n6)c5)c4)c3)c2)cc1. The van der Waals surface area contributed by atoms with Crippen LogP contribution in [0.2, 0.25) is 0 Å². The number of aromatic nitrogens is 3. The first-order valence-corrected chi connectivity index (χ1v) is 16.7. The molecule has 0 aliphatic carbocycles. The molecule has 0 amide bonds. The maximum Gasteiger partial charge on any atom is 0.164 e. The van der Waals surface area contributed by atoms with E-state index in [9.17, 15) is 0 Å². The monoisotopic (exact) mass is 639 g/mol. The second-order valence-corrected chi connectivity index (χ2v) is 12.2. The summed E-state index contributed by atoms with van der Waals surface area (Å²) in [5, 5.41) is 0. The Morgan fingerprint density at radius 2 is 0.580 bits per heavy atom. The number of hydrogen-bond donors (Lipinski definition) is 0. The van der Waals surface area contributed by atoms with Gasteiger partial charge in [0.2, 0.25) is 0 Å². The summed E-state index contributed by atoms with van der Waals surface area (Å²) in [6.45, 7) is 3.88. The Balaban J connectivity index is 1.12. The number of rotatable bonds is 8. The summed E-state index contributed by atoms with van der Waals surface area (Å²) in [5.41, 5.74) is 13.2. The third kappa shape index (κ3) is 6.53. The predicted octanol–water partition coefficient (Wildman–Crippen LogP) is 12.2. The van der Waals surface area contributed by atoms with Crippen LogP contribution >= 0.6 is 0 Å². The molecule has 8 aromatic rings. The highest BCUT2D eigenvalue weighted by Crippen LogP contribution is 2.33. The minimum atomic E-state index is 0.641. The van der Waals surface area contributed by atoms with Crippen molar-refractivity contribution in [3.63, 3.8) is 0 Å². The van der Waals surface area contributed by atoms with Crippen LogP contribution in [-0.2, 0) is 0 Å². The molecule has 0 spiro atoms. The van der Waals surface area contributed by atoms with Gasteiger partial charge in [0.05, 0.1) is 0 Å². The summed E-state index contributed by atoms with van der Waals surface area (Å²) in [4.78, 5) is 14.7. The third-order valence-electron chi connectivity index (χ3n) is 8.89. The van der Waals surface area contributed by atoms with Gasteiger partial charge in [0, 0.05) is 16.7 Å². The van der Waals surface area contributed by atoms with E-state index in [4.69, 9.17) is 15.0 Å². The van der Waals surface area contributed by atoms with E-state index >= 15 is 0 Å². The second-order valence-electron chi connectivity index (χ2n) is 12.2. The Kier molecular flexibility index (Phi) is 8.45. The van der Waals surface area contributed by atoms with Crippen molar-refractivity contribution in [2.24, 2.45) is 0 Å². The average Bonchev–Trinajstić information content (AvgIpc) is 3.21. The van der Waals surface area contributed by atoms with Gasteiger partial charge in [-0.3, -0.25) is 0 Å². The Bertz CT molecular complexity index is 2370. The molecule has 0 unspecified atom stereocenters. The molecule has 0 radical (unpaired) electrons. The van der Waals surface area contributed by atoms with Gasteiger partial charge in [-0.05, 0) is 74.3 Å². The third-order valence-corrected chi connectivity index (χ3v) is 8.89. The van der Waals surface area contributed by atoms with E-state index in [0.29, 0.717) is 17.5 Å². The molecule has 0 saturated carbocycles. The first-order valence-electron chi connectivity index (χ1n) is 16.7. The molecule has 50 heavy (non-hydrogen) atoms.